The van der Waals surface area contributed by atoms with Gasteiger partial charge in [0.15, 0.2) is 0 Å². The molecule has 2 aromatic carbocycles. The highest BCUT2D eigenvalue weighted by molar-refractivity contribution is 7.21. The number of aromatic nitrogens is 3. The molecule has 142 valence electrons. The Morgan fingerprint density at radius 1 is 1.21 bits per heavy atom. The Morgan fingerprint density at radius 3 is 2.79 bits per heavy atom. The molecule has 0 aliphatic carbocycles. The van der Waals surface area contributed by atoms with Gasteiger partial charge < -0.3 is 4.90 Å². The van der Waals surface area contributed by atoms with Crippen LogP contribution in [0.25, 0.3) is 21.1 Å². The van der Waals surface area contributed by atoms with Gasteiger partial charge in [0.05, 0.1) is 35.1 Å². The fraction of sp³-hybridized carbons (Fsp3) is 0.263. The van der Waals surface area contributed by atoms with E-state index < -0.39 is 0 Å². The molecule has 0 saturated carbocycles. The molecule has 2 aromatic heterocycles. The maximum absolute atomic E-state index is 10.4. The van der Waals surface area contributed by atoms with Crippen molar-refractivity contribution in [1.82, 2.24) is 10.2 Å². The van der Waals surface area contributed by atoms with Gasteiger partial charge in [0.25, 0.3) is 0 Å². The fourth-order valence-electron chi connectivity index (χ4n) is 3.12. The number of nitrogens with one attached hydrogen (secondary N) is 1. The Labute approximate surface area is 165 Å². The van der Waals surface area contributed by atoms with Gasteiger partial charge in [0.1, 0.15) is 11.2 Å². The van der Waals surface area contributed by atoms with Crippen LogP contribution in [-0.4, -0.2) is 29.8 Å². The molecule has 0 amide bonds. The summed E-state index contributed by atoms with van der Waals surface area (Å²) in [5.41, 5.74) is 3.92. The van der Waals surface area contributed by atoms with Crippen molar-refractivity contribution in [3.63, 3.8) is 0 Å². The standard InChI is InChI=1S/C19H20N7OS/c1-3-26(9-8-21-27)15-6-4-14(5-7-15)22-24-19-25(2)17-11-16-13(12-20-23-16)10-18(17)28-19/h4-7,10-12H,3,8-9H2,1-2H3,(H,20,23)/q+1. The van der Waals surface area contributed by atoms with E-state index in [1.54, 1.807) is 11.3 Å². The van der Waals surface area contributed by atoms with Crippen molar-refractivity contribution in [2.24, 2.45) is 22.5 Å². The van der Waals surface area contributed by atoms with E-state index in [1.807, 2.05) is 42.1 Å². The lowest BCUT2D eigenvalue weighted by molar-refractivity contribution is -0.627. The highest BCUT2D eigenvalue weighted by Crippen LogP contribution is 2.30. The van der Waals surface area contributed by atoms with Crippen LogP contribution in [0.2, 0.25) is 0 Å². The van der Waals surface area contributed by atoms with Crippen molar-refractivity contribution in [3.8, 4) is 0 Å². The molecule has 0 unspecified atom stereocenters. The van der Waals surface area contributed by atoms with E-state index in [-0.39, 0.29) is 6.54 Å². The Kier molecular flexibility index (Phi) is 5.07. The number of aromatic amines is 1. The van der Waals surface area contributed by atoms with Crippen molar-refractivity contribution in [1.29, 1.82) is 0 Å². The van der Waals surface area contributed by atoms with Crippen molar-refractivity contribution in [2.45, 2.75) is 6.92 Å². The molecule has 8 nitrogen and oxygen atoms in total. The highest BCUT2D eigenvalue weighted by Gasteiger charge is 2.17. The first-order valence-electron chi connectivity index (χ1n) is 9.01. The van der Waals surface area contributed by atoms with Crippen LogP contribution in [-0.2, 0) is 7.05 Å². The maximum Gasteiger partial charge on any atom is 0.409 e. The van der Waals surface area contributed by atoms with E-state index in [9.17, 15) is 4.91 Å². The summed E-state index contributed by atoms with van der Waals surface area (Å²) in [4.78, 5) is 12.5. The van der Waals surface area contributed by atoms with Crippen LogP contribution in [0.4, 0.5) is 16.5 Å². The normalized spacial score (nSPS) is 11.6. The molecule has 2 heterocycles. The van der Waals surface area contributed by atoms with Gasteiger partial charge in [-0.25, -0.2) is 4.57 Å². The number of hydrogen-bond donors (Lipinski definition) is 1. The number of likely N-dealkylation sites (N-methyl/N-ethyl adjacent to an activating group) is 1. The van der Waals surface area contributed by atoms with Gasteiger partial charge in [-0.05, 0) is 53.7 Å². The quantitative estimate of drug-likeness (QED) is 0.282. The second kappa shape index (κ2) is 7.81. The third-order valence-electron chi connectivity index (χ3n) is 4.68. The summed E-state index contributed by atoms with van der Waals surface area (Å²) in [6.07, 6.45) is 1.82. The first-order valence-corrected chi connectivity index (χ1v) is 9.82. The maximum atomic E-state index is 10.4. The lowest BCUT2D eigenvalue weighted by Crippen LogP contribution is -2.25. The second-order valence-electron chi connectivity index (χ2n) is 6.37. The lowest BCUT2D eigenvalue weighted by Gasteiger charge is -2.21. The molecule has 0 aliphatic rings. The number of fused-ring (bicyclic) bond motifs is 2. The van der Waals surface area contributed by atoms with Gasteiger partial charge in [-0.1, -0.05) is 5.18 Å². The van der Waals surface area contributed by atoms with Crippen molar-refractivity contribution in [2.75, 3.05) is 24.5 Å². The minimum Gasteiger partial charge on any atom is -0.370 e. The predicted molar refractivity (Wildman–Crippen MR) is 112 cm³/mol. The summed E-state index contributed by atoms with van der Waals surface area (Å²) in [5.74, 6) is 0. The van der Waals surface area contributed by atoms with Crippen LogP contribution in [0.1, 0.15) is 6.92 Å². The topological polar surface area (TPSA) is 89.9 Å². The molecule has 0 atom stereocenters. The third kappa shape index (κ3) is 3.48. The number of rotatable bonds is 7. The Bertz CT molecular complexity index is 1150. The van der Waals surface area contributed by atoms with E-state index in [1.165, 1.54) is 0 Å². The average molecular weight is 394 g/mol. The molecule has 4 rings (SSSR count). The van der Waals surface area contributed by atoms with Crippen molar-refractivity contribution >= 4 is 49.0 Å². The van der Waals surface area contributed by atoms with Crippen molar-refractivity contribution < 1.29 is 4.57 Å². The number of aryl methyl sites for hydroxylation is 1. The number of nitroso groups, excluding NO2 is 1. The molecule has 0 saturated heterocycles. The summed E-state index contributed by atoms with van der Waals surface area (Å²) in [5, 5.41) is 20.8. The molecule has 0 fully saturated rings. The van der Waals surface area contributed by atoms with Gasteiger partial charge in [-0.2, -0.15) is 10.0 Å². The predicted octanol–water partition coefficient (Wildman–Crippen LogP) is 4.61. The summed E-state index contributed by atoms with van der Waals surface area (Å²) >= 11 is 1.59. The van der Waals surface area contributed by atoms with E-state index >= 15 is 0 Å². The smallest absolute Gasteiger partial charge is 0.370 e. The summed E-state index contributed by atoms with van der Waals surface area (Å²) < 4.78 is 3.17. The summed E-state index contributed by atoms with van der Waals surface area (Å²) in [6, 6.07) is 12.0. The van der Waals surface area contributed by atoms with Gasteiger partial charge in [-0.15, -0.1) is 0 Å². The number of anilines is 1. The molecule has 0 aliphatic heterocycles. The Balaban J connectivity index is 1.56. The van der Waals surface area contributed by atoms with Crippen LogP contribution in [0.3, 0.4) is 0 Å². The van der Waals surface area contributed by atoms with Gasteiger partial charge in [0.2, 0.25) is 0 Å². The number of H-pyrrole nitrogens is 1. The largest absolute Gasteiger partial charge is 0.409 e. The molecule has 9 heteroatoms. The lowest BCUT2D eigenvalue weighted by atomic mass is 10.2. The van der Waals surface area contributed by atoms with Gasteiger partial charge in [-0.3, -0.25) is 5.10 Å². The first-order chi connectivity index (χ1) is 13.7. The zero-order chi connectivity index (χ0) is 19.5. The van der Waals surface area contributed by atoms with Gasteiger partial charge in [0, 0.05) is 30.2 Å². The van der Waals surface area contributed by atoms with E-state index in [4.69, 9.17) is 0 Å². The molecule has 1 N–H and O–H groups in total. The number of nitrogens with zero attached hydrogens (tertiary/aromatic N) is 6. The number of thiazole rings is 1. The van der Waals surface area contributed by atoms with Crippen LogP contribution in [0.5, 0.6) is 0 Å². The molecular formula is C19H20N7OS+. The molecule has 4 aromatic rings. The first kappa shape index (κ1) is 18.2. The van der Waals surface area contributed by atoms with E-state index in [0.717, 1.165) is 44.2 Å². The summed E-state index contributed by atoms with van der Waals surface area (Å²) in [7, 11) is 1.98. The van der Waals surface area contributed by atoms with Gasteiger partial charge >= 0.3 is 5.13 Å². The number of benzene rings is 2. The molecule has 0 radical (unpaired) electrons. The molecule has 0 spiro atoms. The minimum absolute atomic E-state index is 0.280. The zero-order valence-corrected chi connectivity index (χ0v) is 16.5. The monoisotopic (exact) mass is 394 g/mol. The molecule has 0 bridgehead atoms. The fourth-order valence-corrected chi connectivity index (χ4v) is 4.12. The SMILES string of the molecule is CCN(CCN=O)c1ccc(N=Nc2sc3cc4cn[nH]c4cc3[n+]2C)cc1. The third-order valence-corrected chi connectivity index (χ3v) is 5.76. The minimum atomic E-state index is 0.280. The average Bonchev–Trinajstić information content (AvgIpc) is 3.30. The van der Waals surface area contributed by atoms with Crippen LogP contribution < -0.4 is 9.47 Å². The summed E-state index contributed by atoms with van der Waals surface area (Å²) in [6.45, 7) is 3.76. The van der Waals surface area contributed by atoms with Crippen LogP contribution in [0, 0.1) is 4.91 Å². The van der Waals surface area contributed by atoms with Crippen LogP contribution >= 0.6 is 11.3 Å². The Morgan fingerprint density at radius 2 is 2.04 bits per heavy atom. The van der Waals surface area contributed by atoms with E-state index in [2.05, 4.69) is 49.6 Å². The van der Waals surface area contributed by atoms with Crippen LogP contribution in [0.15, 0.2) is 58.0 Å². The second-order valence-corrected chi connectivity index (χ2v) is 7.38. The Hall–Kier alpha value is -3.20. The zero-order valence-electron chi connectivity index (χ0n) is 15.7. The van der Waals surface area contributed by atoms with E-state index in [0.29, 0.717) is 6.54 Å². The van der Waals surface area contributed by atoms with Crippen molar-refractivity contribution in [3.05, 3.63) is 47.5 Å². The number of hydrogen-bond acceptors (Lipinski definition) is 7. The highest BCUT2D eigenvalue weighted by atomic mass is 32.1. The molecular weight excluding hydrogens is 374 g/mol. The molecule has 28 heavy (non-hydrogen) atoms. The number of azo groups is 1.